The summed E-state index contributed by atoms with van der Waals surface area (Å²) in [5.41, 5.74) is 1.25. The van der Waals surface area contributed by atoms with Gasteiger partial charge < -0.3 is 5.32 Å². The predicted octanol–water partition coefficient (Wildman–Crippen LogP) is 2.37. The fourth-order valence-corrected chi connectivity index (χ4v) is 2.44. The number of benzene rings is 1. The topological polar surface area (TPSA) is 56.1 Å². The number of hydrogen-bond acceptors (Lipinski definition) is 3. The molecule has 100 valence electrons. The first-order valence-corrected chi connectivity index (χ1v) is 6.73. The molecule has 0 spiro atoms. The van der Waals surface area contributed by atoms with Gasteiger partial charge in [0, 0.05) is 11.7 Å². The molecule has 0 unspecified atom stereocenters. The van der Waals surface area contributed by atoms with Crippen molar-refractivity contribution >= 4 is 11.6 Å². The van der Waals surface area contributed by atoms with Gasteiger partial charge in [-0.1, -0.05) is 12.5 Å². The Morgan fingerprint density at radius 1 is 1.53 bits per heavy atom. The van der Waals surface area contributed by atoms with Crippen molar-refractivity contribution in [2.24, 2.45) is 0 Å². The van der Waals surface area contributed by atoms with E-state index in [0.29, 0.717) is 23.8 Å². The molecule has 1 N–H and O–H groups in total. The van der Waals surface area contributed by atoms with Crippen LogP contribution < -0.4 is 5.32 Å². The summed E-state index contributed by atoms with van der Waals surface area (Å²) in [4.78, 5) is 14.2. The fraction of sp³-hybridized carbons (Fsp3) is 0.467. The summed E-state index contributed by atoms with van der Waals surface area (Å²) in [6, 6.07) is 9.54. The molecule has 0 radical (unpaired) electrons. The lowest BCUT2D eigenvalue weighted by Gasteiger charge is -2.32. The van der Waals surface area contributed by atoms with Crippen LogP contribution in [0.15, 0.2) is 24.3 Å². The smallest absolute Gasteiger partial charge is 0.238 e. The van der Waals surface area contributed by atoms with Gasteiger partial charge in [0.25, 0.3) is 0 Å². The number of likely N-dealkylation sites (tertiary alicyclic amines) is 1. The molecule has 1 heterocycles. The van der Waals surface area contributed by atoms with E-state index in [9.17, 15) is 4.79 Å². The molecule has 1 amide bonds. The minimum absolute atomic E-state index is 0.0103. The third kappa shape index (κ3) is 3.80. The highest BCUT2D eigenvalue weighted by molar-refractivity contribution is 5.92. The van der Waals surface area contributed by atoms with Gasteiger partial charge >= 0.3 is 0 Å². The quantitative estimate of drug-likeness (QED) is 0.904. The summed E-state index contributed by atoms with van der Waals surface area (Å²) in [6.07, 6.45) is 3.59. The lowest BCUT2D eigenvalue weighted by atomic mass is 10.0. The van der Waals surface area contributed by atoms with Crippen molar-refractivity contribution in [1.29, 1.82) is 5.26 Å². The second-order valence-corrected chi connectivity index (χ2v) is 5.06. The lowest BCUT2D eigenvalue weighted by Crippen LogP contribution is -2.42. The maximum Gasteiger partial charge on any atom is 0.238 e. The second kappa shape index (κ2) is 6.35. The Bertz CT molecular complexity index is 492. The van der Waals surface area contributed by atoms with Crippen LogP contribution in [-0.4, -0.2) is 29.9 Å². The van der Waals surface area contributed by atoms with Crippen LogP contribution in [0.25, 0.3) is 0 Å². The maximum atomic E-state index is 12.0. The summed E-state index contributed by atoms with van der Waals surface area (Å²) in [5.74, 6) is -0.0103. The van der Waals surface area contributed by atoms with E-state index >= 15 is 0 Å². The van der Waals surface area contributed by atoms with E-state index in [2.05, 4.69) is 23.2 Å². The number of rotatable bonds is 3. The molecule has 1 aliphatic heterocycles. The van der Waals surface area contributed by atoms with Gasteiger partial charge in [0.1, 0.15) is 0 Å². The number of nitriles is 1. The zero-order chi connectivity index (χ0) is 13.7. The van der Waals surface area contributed by atoms with Crippen LogP contribution in [0.1, 0.15) is 31.7 Å². The number of amides is 1. The summed E-state index contributed by atoms with van der Waals surface area (Å²) in [7, 11) is 0. The van der Waals surface area contributed by atoms with Crippen LogP contribution in [0.3, 0.4) is 0 Å². The van der Waals surface area contributed by atoms with Crippen molar-refractivity contribution in [2.45, 2.75) is 32.2 Å². The molecular formula is C15H19N3O. The van der Waals surface area contributed by atoms with Crippen molar-refractivity contribution in [2.75, 3.05) is 18.4 Å². The minimum Gasteiger partial charge on any atom is -0.325 e. The zero-order valence-electron chi connectivity index (χ0n) is 11.2. The Morgan fingerprint density at radius 2 is 2.37 bits per heavy atom. The first-order chi connectivity index (χ1) is 9.19. The van der Waals surface area contributed by atoms with Crippen molar-refractivity contribution < 1.29 is 4.79 Å². The second-order valence-electron chi connectivity index (χ2n) is 5.06. The van der Waals surface area contributed by atoms with Crippen LogP contribution in [0.4, 0.5) is 5.69 Å². The number of anilines is 1. The van der Waals surface area contributed by atoms with Crippen LogP contribution in [0, 0.1) is 11.3 Å². The zero-order valence-corrected chi connectivity index (χ0v) is 11.2. The van der Waals surface area contributed by atoms with Gasteiger partial charge in [-0.05, 0) is 44.5 Å². The van der Waals surface area contributed by atoms with Gasteiger partial charge in [-0.15, -0.1) is 0 Å². The highest BCUT2D eigenvalue weighted by atomic mass is 16.2. The Morgan fingerprint density at radius 3 is 3.11 bits per heavy atom. The Balaban J connectivity index is 1.91. The Hall–Kier alpha value is -1.86. The average molecular weight is 257 g/mol. The largest absolute Gasteiger partial charge is 0.325 e. The first kappa shape index (κ1) is 13.6. The van der Waals surface area contributed by atoms with Gasteiger partial charge in [-0.25, -0.2) is 0 Å². The van der Waals surface area contributed by atoms with E-state index in [1.54, 1.807) is 24.3 Å². The summed E-state index contributed by atoms with van der Waals surface area (Å²) in [6.45, 7) is 3.59. The van der Waals surface area contributed by atoms with Crippen LogP contribution >= 0.6 is 0 Å². The van der Waals surface area contributed by atoms with Crippen molar-refractivity contribution in [3.8, 4) is 6.07 Å². The Labute approximate surface area is 114 Å². The summed E-state index contributed by atoms with van der Waals surface area (Å²) in [5, 5.41) is 11.7. The molecule has 0 saturated carbocycles. The van der Waals surface area contributed by atoms with Gasteiger partial charge in [0.15, 0.2) is 0 Å². The number of carbonyl (C=O) groups excluding carboxylic acids is 1. The first-order valence-electron chi connectivity index (χ1n) is 6.73. The maximum absolute atomic E-state index is 12.0. The molecule has 1 atom stereocenters. The standard InChI is InChI=1S/C15H19N3O/c1-12-5-2-3-8-18(12)11-15(19)17-14-7-4-6-13(9-14)10-16/h4,6-7,9,12H,2-3,5,8,11H2,1H3,(H,17,19)/t12-/m0/s1. The molecule has 1 aliphatic rings. The van der Waals surface area contributed by atoms with Gasteiger partial charge in [0.2, 0.25) is 5.91 Å². The van der Waals surface area contributed by atoms with Gasteiger partial charge in [0.05, 0.1) is 18.2 Å². The predicted molar refractivity (Wildman–Crippen MR) is 74.7 cm³/mol. The van der Waals surface area contributed by atoms with Crippen molar-refractivity contribution in [3.63, 3.8) is 0 Å². The van der Waals surface area contributed by atoms with E-state index < -0.39 is 0 Å². The molecule has 1 saturated heterocycles. The molecule has 1 fully saturated rings. The summed E-state index contributed by atoms with van der Waals surface area (Å²) >= 11 is 0. The van der Waals surface area contributed by atoms with E-state index in [-0.39, 0.29) is 5.91 Å². The lowest BCUT2D eigenvalue weighted by molar-refractivity contribution is -0.118. The van der Waals surface area contributed by atoms with E-state index in [4.69, 9.17) is 5.26 Å². The molecule has 0 aliphatic carbocycles. The number of nitrogens with one attached hydrogen (secondary N) is 1. The molecule has 2 rings (SSSR count). The number of piperidine rings is 1. The third-order valence-electron chi connectivity index (χ3n) is 3.56. The van der Waals surface area contributed by atoms with E-state index in [0.717, 1.165) is 13.0 Å². The molecule has 19 heavy (non-hydrogen) atoms. The van der Waals surface area contributed by atoms with Gasteiger partial charge in [-0.2, -0.15) is 5.26 Å². The molecule has 4 heteroatoms. The molecule has 4 nitrogen and oxygen atoms in total. The number of nitrogens with zero attached hydrogens (tertiary/aromatic N) is 2. The minimum atomic E-state index is -0.0103. The van der Waals surface area contributed by atoms with Crippen LogP contribution in [0.2, 0.25) is 0 Å². The SMILES string of the molecule is C[C@H]1CCCCN1CC(=O)Nc1cccc(C#N)c1. The summed E-state index contributed by atoms with van der Waals surface area (Å²) < 4.78 is 0. The van der Waals surface area contributed by atoms with Crippen molar-refractivity contribution in [3.05, 3.63) is 29.8 Å². The molecule has 0 aromatic heterocycles. The monoisotopic (exact) mass is 257 g/mol. The van der Waals surface area contributed by atoms with E-state index in [1.165, 1.54) is 12.8 Å². The highest BCUT2D eigenvalue weighted by Gasteiger charge is 2.20. The molecule has 1 aromatic rings. The van der Waals surface area contributed by atoms with Crippen LogP contribution in [-0.2, 0) is 4.79 Å². The van der Waals surface area contributed by atoms with E-state index in [1.807, 2.05) is 0 Å². The van der Waals surface area contributed by atoms with Gasteiger partial charge in [-0.3, -0.25) is 9.69 Å². The highest BCUT2D eigenvalue weighted by Crippen LogP contribution is 2.16. The van der Waals surface area contributed by atoms with Crippen LogP contribution in [0.5, 0.6) is 0 Å². The molecule has 1 aromatic carbocycles. The van der Waals surface area contributed by atoms with Crippen molar-refractivity contribution in [1.82, 2.24) is 4.90 Å². The molecular weight excluding hydrogens is 238 g/mol. The number of hydrogen-bond donors (Lipinski definition) is 1. The number of carbonyl (C=O) groups is 1. The third-order valence-corrected chi connectivity index (χ3v) is 3.56. The Kier molecular flexibility index (Phi) is 4.53. The molecule has 0 bridgehead atoms. The normalized spacial score (nSPS) is 19.7. The fourth-order valence-electron chi connectivity index (χ4n) is 2.44. The average Bonchev–Trinajstić information content (AvgIpc) is 2.41.